The fourth-order valence-corrected chi connectivity index (χ4v) is 0.950. The topological polar surface area (TPSA) is 66.0 Å². The van der Waals surface area contributed by atoms with Crippen LogP contribution >= 0.6 is 0 Å². The number of carbonyl (C=O) groups is 1. The number of imidazole rings is 1. The quantitative estimate of drug-likeness (QED) is 0.777. The van der Waals surface area contributed by atoms with E-state index in [2.05, 4.69) is 4.98 Å². The molecule has 1 aromatic heterocycles. The van der Waals surface area contributed by atoms with E-state index in [0.717, 1.165) is 0 Å². The molecule has 0 aromatic carbocycles. The molecule has 0 fully saturated rings. The highest BCUT2D eigenvalue weighted by atomic mass is 19.4. The first kappa shape index (κ1) is 10.6. The first-order valence-electron chi connectivity index (χ1n) is 3.75. The molecule has 0 aliphatic rings. The van der Waals surface area contributed by atoms with Crippen LogP contribution in [0.2, 0.25) is 0 Å². The number of halogens is 3. The second-order valence-corrected chi connectivity index (χ2v) is 2.56. The highest BCUT2D eigenvalue weighted by Gasteiger charge is 2.38. The van der Waals surface area contributed by atoms with Crippen LogP contribution < -0.4 is 0 Å². The number of nitrogens with zero attached hydrogens (tertiary/aromatic N) is 1. The molecule has 0 atom stereocenters. The summed E-state index contributed by atoms with van der Waals surface area (Å²) in [5.41, 5.74) is -2.28. The molecule has 1 rings (SSSR count). The zero-order chi connectivity index (χ0) is 10.9. The van der Waals surface area contributed by atoms with Crippen molar-refractivity contribution in [3.05, 3.63) is 17.2 Å². The van der Waals surface area contributed by atoms with Crippen molar-refractivity contribution in [3.63, 3.8) is 0 Å². The van der Waals surface area contributed by atoms with E-state index in [9.17, 15) is 18.0 Å². The standard InChI is InChI=1S/C7H7F3N2O2/c1-2-3-11-4(6(13)14)5(12-3)7(8,9)10/h2H2,1H3,(H,11,12)(H,13,14). The minimum atomic E-state index is -4.71. The largest absolute Gasteiger partial charge is 0.476 e. The predicted octanol–water partition coefficient (Wildman–Crippen LogP) is 1.69. The van der Waals surface area contributed by atoms with Gasteiger partial charge in [-0.3, -0.25) is 0 Å². The molecule has 1 aromatic rings. The highest BCUT2D eigenvalue weighted by Crippen LogP contribution is 2.30. The molecule has 0 amide bonds. The SMILES string of the molecule is CCc1nc(C(=O)O)c(C(F)(F)F)[nH]1. The van der Waals surface area contributed by atoms with E-state index >= 15 is 0 Å². The maximum Gasteiger partial charge on any atom is 0.433 e. The Morgan fingerprint density at radius 1 is 1.57 bits per heavy atom. The van der Waals surface area contributed by atoms with Gasteiger partial charge in [-0.15, -0.1) is 0 Å². The van der Waals surface area contributed by atoms with E-state index in [4.69, 9.17) is 5.11 Å². The summed E-state index contributed by atoms with van der Waals surface area (Å²) in [5.74, 6) is -1.68. The summed E-state index contributed by atoms with van der Waals surface area (Å²) in [6, 6.07) is 0. The van der Waals surface area contributed by atoms with Crippen LogP contribution in [0, 0.1) is 0 Å². The number of hydrogen-bond donors (Lipinski definition) is 2. The zero-order valence-corrected chi connectivity index (χ0v) is 7.14. The summed E-state index contributed by atoms with van der Waals surface area (Å²) >= 11 is 0. The molecule has 78 valence electrons. The molecular formula is C7H7F3N2O2. The van der Waals surface area contributed by atoms with E-state index < -0.39 is 23.5 Å². The van der Waals surface area contributed by atoms with Gasteiger partial charge in [0.2, 0.25) is 0 Å². The Bertz CT molecular complexity index is 356. The molecule has 0 spiro atoms. The summed E-state index contributed by atoms with van der Waals surface area (Å²) in [4.78, 5) is 15.7. The normalized spacial score (nSPS) is 11.7. The number of carboxylic acid groups (broad SMARTS) is 1. The summed E-state index contributed by atoms with van der Waals surface area (Å²) in [5, 5.41) is 8.46. The third-order valence-corrected chi connectivity index (χ3v) is 1.57. The van der Waals surface area contributed by atoms with Crippen molar-refractivity contribution in [3.8, 4) is 0 Å². The number of hydrogen-bond acceptors (Lipinski definition) is 2. The molecule has 0 aliphatic heterocycles. The minimum Gasteiger partial charge on any atom is -0.476 e. The number of aryl methyl sites for hydroxylation is 1. The van der Waals surface area contributed by atoms with Crippen LogP contribution in [0.5, 0.6) is 0 Å². The lowest BCUT2D eigenvalue weighted by Gasteiger charge is -2.03. The van der Waals surface area contributed by atoms with Gasteiger partial charge in [-0.2, -0.15) is 13.2 Å². The smallest absolute Gasteiger partial charge is 0.433 e. The molecule has 0 radical (unpaired) electrons. The molecule has 14 heavy (non-hydrogen) atoms. The van der Waals surface area contributed by atoms with E-state index in [0.29, 0.717) is 0 Å². The molecule has 1 heterocycles. The lowest BCUT2D eigenvalue weighted by molar-refractivity contribution is -0.141. The van der Waals surface area contributed by atoms with Crippen LogP contribution in [-0.4, -0.2) is 21.0 Å². The molecule has 0 unspecified atom stereocenters. The third kappa shape index (κ3) is 1.86. The van der Waals surface area contributed by atoms with Crippen LogP contribution in [-0.2, 0) is 12.6 Å². The van der Waals surface area contributed by atoms with Crippen molar-refractivity contribution in [2.24, 2.45) is 0 Å². The van der Waals surface area contributed by atoms with Crippen molar-refractivity contribution in [1.29, 1.82) is 0 Å². The maximum absolute atomic E-state index is 12.2. The van der Waals surface area contributed by atoms with Gasteiger partial charge in [0.1, 0.15) is 5.82 Å². The van der Waals surface area contributed by atoms with Crippen LogP contribution in [0.25, 0.3) is 0 Å². The van der Waals surface area contributed by atoms with Gasteiger partial charge in [-0.1, -0.05) is 6.92 Å². The van der Waals surface area contributed by atoms with Gasteiger partial charge in [0.05, 0.1) is 0 Å². The average molecular weight is 208 g/mol. The van der Waals surface area contributed by atoms with Crippen molar-refractivity contribution in [2.75, 3.05) is 0 Å². The number of nitrogens with one attached hydrogen (secondary N) is 1. The van der Waals surface area contributed by atoms with Crippen molar-refractivity contribution in [2.45, 2.75) is 19.5 Å². The summed E-state index contributed by atoms with van der Waals surface area (Å²) in [6.45, 7) is 1.57. The lowest BCUT2D eigenvalue weighted by Crippen LogP contribution is -2.12. The van der Waals surface area contributed by atoms with E-state index in [-0.39, 0.29) is 12.2 Å². The molecule has 7 heteroatoms. The molecule has 0 saturated carbocycles. The number of carboxylic acids is 1. The zero-order valence-electron chi connectivity index (χ0n) is 7.14. The molecule has 0 aliphatic carbocycles. The van der Waals surface area contributed by atoms with Crippen molar-refractivity contribution in [1.82, 2.24) is 9.97 Å². The molecule has 0 saturated heterocycles. The Kier molecular flexibility index (Phi) is 2.50. The Hall–Kier alpha value is -1.53. The minimum absolute atomic E-state index is 0.00900. The number of H-pyrrole nitrogens is 1. The van der Waals surface area contributed by atoms with E-state index in [1.165, 1.54) is 0 Å². The Balaban J connectivity index is 3.26. The first-order valence-corrected chi connectivity index (χ1v) is 3.75. The van der Waals surface area contributed by atoms with Gasteiger partial charge in [-0.05, 0) is 0 Å². The highest BCUT2D eigenvalue weighted by molar-refractivity contribution is 5.87. The maximum atomic E-state index is 12.2. The number of rotatable bonds is 2. The van der Waals surface area contributed by atoms with Gasteiger partial charge >= 0.3 is 12.1 Å². The van der Waals surface area contributed by atoms with Gasteiger partial charge in [0.25, 0.3) is 0 Å². The monoisotopic (exact) mass is 208 g/mol. The fourth-order valence-electron chi connectivity index (χ4n) is 0.950. The van der Waals surface area contributed by atoms with Gasteiger partial charge < -0.3 is 10.1 Å². The van der Waals surface area contributed by atoms with E-state index in [1.807, 2.05) is 4.98 Å². The van der Waals surface area contributed by atoms with E-state index in [1.54, 1.807) is 6.92 Å². The number of aromatic nitrogens is 2. The fraction of sp³-hybridized carbons (Fsp3) is 0.429. The van der Waals surface area contributed by atoms with Crippen molar-refractivity contribution < 1.29 is 23.1 Å². The van der Waals surface area contributed by atoms with Gasteiger partial charge in [0, 0.05) is 6.42 Å². The van der Waals surface area contributed by atoms with Gasteiger partial charge in [-0.25, -0.2) is 9.78 Å². The Labute approximate surface area is 76.8 Å². The van der Waals surface area contributed by atoms with Crippen LogP contribution in [0.1, 0.15) is 28.9 Å². The Morgan fingerprint density at radius 3 is 2.43 bits per heavy atom. The van der Waals surface area contributed by atoms with Crippen LogP contribution in [0.3, 0.4) is 0 Å². The first-order chi connectivity index (χ1) is 6.36. The Morgan fingerprint density at radius 2 is 2.14 bits per heavy atom. The van der Waals surface area contributed by atoms with Crippen molar-refractivity contribution >= 4 is 5.97 Å². The van der Waals surface area contributed by atoms with Crippen LogP contribution in [0.4, 0.5) is 13.2 Å². The lowest BCUT2D eigenvalue weighted by atomic mass is 10.3. The summed E-state index contributed by atoms with van der Waals surface area (Å²) in [7, 11) is 0. The summed E-state index contributed by atoms with van der Waals surface area (Å²) < 4.78 is 36.7. The molecule has 2 N–H and O–H groups in total. The van der Waals surface area contributed by atoms with Gasteiger partial charge in [0.15, 0.2) is 11.4 Å². The summed E-state index contributed by atoms with van der Waals surface area (Å²) in [6.07, 6.45) is -4.50. The second kappa shape index (κ2) is 3.32. The number of aromatic amines is 1. The number of aromatic carboxylic acids is 1. The average Bonchev–Trinajstić information content (AvgIpc) is 2.46. The van der Waals surface area contributed by atoms with Crippen LogP contribution in [0.15, 0.2) is 0 Å². The second-order valence-electron chi connectivity index (χ2n) is 2.56. The molecular weight excluding hydrogens is 201 g/mol. The third-order valence-electron chi connectivity index (χ3n) is 1.57. The number of alkyl halides is 3. The predicted molar refractivity (Wildman–Crippen MR) is 39.9 cm³/mol. The molecule has 4 nitrogen and oxygen atoms in total. The molecule has 0 bridgehead atoms.